The minimum atomic E-state index is 1.30. The number of hydrogen-bond acceptors (Lipinski definition) is 1. The first-order valence-corrected chi connectivity index (χ1v) is 5.85. The Labute approximate surface area is 93.6 Å². The summed E-state index contributed by atoms with van der Waals surface area (Å²) in [6.45, 7) is 0. The van der Waals surface area contributed by atoms with Gasteiger partial charge in [0.15, 0.2) is 0 Å². The van der Waals surface area contributed by atoms with Gasteiger partial charge in [-0.25, -0.2) is 0 Å². The van der Waals surface area contributed by atoms with Crippen molar-refractivity contribution in [3.63, 3.8) is 0 Å². The van der Waals surface area contributed by atoms with Gasteiger partial charge < -0.3 is 0 Å². The van der Waals surface area contributed by atoms with E-state index in [1.54, 1.807) is 11.8 Å². The summed E-state index contributed by atoms with van der Waals surface area (Å²) >= 11 is 1.79. The molecule has 0 N–H and O–H groups in total. The van der Waals surface area contributed by atoms with Gasteiger partial charge in [-0.1, -0.05) is 54.2 Å². The molecule has 0 saturated carbocycles. The highest BCUT2D eigenvalue weighted by atomic mass is 32.2. The molecule has 0 fully saturated rings. The highest BCUT2D eigenvalue weighted by molar-refractivity contribution is 8.02. The summed E-state index contributed by atoms with van der Waals surface area (Å²) in [7, 11) is 0. The van der Waals surface area contributed by atoms with Gasteiger partial charge >= 0.3 is 0 Å². The van der Waals surface area contributed by atoms with Gasteiger partial charge in [-0.15, -0.1) is 0 Å². The second kappa shape index (κ2) is 3.59. The Morgan fingerprint density at radius 1 is 0.733 bits per heavy atom. The Hall–Kier alpha value is -1.47. The van der Waals surface area contributed by atoms with Crippen LogP contribution < -0.4 is 0 Å². The first-order chi connectivity index (χ1) is 7.45. The van der Waals surface area contributed by atoms with Gasteiger partial charge in [-0.05, 0) is 34.2 Å². The summed E-state index contributed by atoms with van der Waals surface area (Å²) in [4.78, 5) is 1.33. The molecule has 2 aromatic rings. The molecule has 3 rings (SSSR count). The third-order valence-corrected chi connectivity index (χ3v) is 3.46. The van der Waals surface area contributed by atoms with Crippen LogP contribution in [0.1, 0.15) is 5.56 Å². The molecule has 0 amide bonds. The molecule has 0 nitrogen and oxygen atoms in total. The average molecular weight is 210 g/mol. The predicted molar refractivity (Wildman–Crippen MR) is 66.8 cm³/mol. The lowest BCUT2D eigenvalue weighted by atomic mass is 10.00. The molecule has 0 saturated heterocycles. The Kier molecular flexibility index (Phi) is 2.11. The van der Waals surface area contributed by atoms with Gasteiger partial charge in [0.25, 0.3) is 0 Å². The third-order valence-electron chi connectivity index (χ3n) is 2.58. The topological polar surface area (TPSA) is 0 Å². The molecule has 15 heavy (non-hydrogen) atoms. The van der Waals surface area contributed by atoms with E-state index >= 15 is 0 Å². The first kappa shape index (κ1) is 8.81. The van der Waals surface area contributed by atoms with E-state index in [1.165, 1.54) is 21.6 Å². The molecule has 1 heterocycles. The molecule has 0 spiro atoms. The van der Waals surface area contributed by atoms with Crippen molar-refractivity contribution in [2.45, 2.75) is 4.90 Å². The van der Waals surface area contributed by atoms with Gasteiger partial charge in [0.05, 0.1) is 0 Å². The number of thioether (sulfide) groups is 1. The molecule has 1 aliphatic rings. The van der Waals surface area contributed by atoms with Crippen molar-refractivity contribution in [1.29, 1.82) is 0 Å². The lowest BCUT2D eigenvalue weighted by Crippen LogP contribution is -1.82. The quantitative estimate of drug-likeness (QED) is 0.620. The molecule has 72 valence electrons. The fourth-order valence-corrected chi connectivity index (χ4v) is 2.68. The van der Waals surface area contributed by atoms with Crippen LogP contribution in [0.5, 0.6) is 0 Å². The highest BCUT2D eigenvalue weighted by Gasteiger charge is 2.09. The van der Waals surface area contributed by atoms with Crippen LogP contribution in [0.4, 0.5) is 0 Å². The SMILES string of the molecule is C1=Cc2ccccc2-c2ccccc2S1. The molecule has 0 unspecified atom stereocenters. The summed E-state index contributed by atoms with van der Waals surface area (Å²) < 4.78 is 0. The lowest BCUT2D eigenvalue weighted by molar-refractivity contribution is 1.45. The maximum Gasteiger partial charge on any atom is 0.0195 e. The monoisotopic (exact) mass is 210 g/mol. The number of rotatable bonds is 0. The molecule has 2 aromatic carbocycles. The zero-order chi connectivity index (χ0) is 10.1. The van der Waals surface area contributed by atoms with Crippen LogP contribution in [0.2, 0.25) is 0 Å². The maximum atomic E-state index is 2.19. The third kappa shape index (κ3) is 1.49. The van der Waals surface area contributed by atoms with Crippen molar-refractivity contribution < 1.29 is 0 Å². The van der Waals surface area contributed by atoms with Gasteiger partial charge in [0, 0.05) is 4.90 Å². The van der Waals surface area contributed by atoms with Crippen LogP contribution in [0.3, 0.4) is 0 Å². The minimum absolute atomic E-state index is 1.30. The van der Waals surface area contributed by atoms with Crippen LogP contribution in [0.25, 0.3) is 17.2 Å². The van der Waals surface area contributed by atoms with Crippen LogP contribution >= 0.6 is 11.8 Å². The van der Waals surface area contributed by atoms with Crippen molar-refractivity contribution >= 4 is 17.8 Å². The van der Waals surface area contributed by atoms with Crippen molar-refractivity contribution in [2.75, 3.05) is 0 Å². The molecule has 1 aliphatic heterocycles. The zero-order valence-electron chi connectivity index (χ0n) is 8.18. The van der Waals surface area contributed by atoms with E-state index in [4.69, 9.17) is 0 Å². The summed E-state index contributed by atoms with van der Waals surface area (Å²) in [5, 5.41) is 2.16. The molecule has 0 bridgehead atoms. The van der Waals surface area contributed by atoms with E-state index in [9.17, 15) is 0 Å². The Bertz CT molecular complexity index is 526. The second-order valence-corrected chi connectivity index (χ2v) is 4.45. The molecular weight excluding hydrogens is 200 g/mol. The van der Waals surface area contributed by atoms with Gasteiger partial charge in [0.2, 0.25) is 0 Å². The van der Waals surface area contributed by atoms with Gasteiger partial charge in [0.1, 0.15) is 0 Å². The summed E-state index contributed by atoms with van der Waals surface area (Å²) in [6.07, 6.45) is 2.18. The van der Waals surface area contributed by atoms with Crippen LogP contribution in [-0.4, -0.2) is 0 Å². The normalized spacial score (nSPS) is 12.8. The standard InChI is InChI=1S/C14H10S/c1-2-6-12-11(5-1)9-10-15-14-8-4-3-7-13(12)14/h1-10H. The Morgan fingerprint density at radius 3 is 2.40 bits per heavy atom. The number of hydrogen-bond donors (Lipinski definition) is 0. The van der Waals surface area contributed by atoms with Crippen molar-refractivity contribution in [3.05, 3.63) is 59.5 Å². The smallest absolute Gasteiger partial charge is 0.0195 e. The average Bonchev–Trinajstić information content (AvgIpc) is 2.48. The van der Waals surface area contributed by atoms with E-state index < -0.39 is 0 Å². The zero-order valence-corrected chi connectivity index (χ0v) is 9.00. The van der Waals surface area contributed by atoms with Gasteiger partial charge in [-0.2, -0.15) is 0 Å². The molecular formula is C14H10S. The summed E-state index contributed by atoms with van der Waals surface area (Å²) in [6, 6.07) is 17.1. The first-order valence-electron chi connectivity index (χ1n) is 4.97. The molecule has 0 aliphatic carbocycles. The second-order valence-electron chi connectivity index (χ2n) is 3.50. The summed E-state index contributed by atoms with van der Waals surface area (Å²) in [5.74, 6) is 0. The Morgan fingerprint density at radius 2 is 1.47 bits per heavy atom. The van der Waals surface area contributed by atoms with E-state index in [2.05, 4.69) is 60.0 Å². The maximum absolute atomic E-state index is 2.19. The van der Waals surface area contributed by atoms with Crippen LogP contribution in [0.15, 0.2) is 58.8 Å². The van der Waals surface area contributed by atoms with E-state index in [0.717, 1.165) is 0 Å². The number of benzene rings is 2. The number of fused-ring (bicyclic) bond motifs is 3. The predicted octanol–water partition coefficient (Wildman–Crippen LogP) is 4.43. The van der Waals surface area contributed by atoms with Crippen molar-refractivity contribution in [3.8, 4) is 11.1 Å². The molecule has 0 radical (unpaired) electrons. The summed E-state index contributed by atoms with van der Waals surface area (Å²) in [5.41, 5.74) is 3.97. The minimum Gasteiger partial charge on any atom is -0.0974 e. The fourth-order valence-electron chi connectivity index (χ4n) is 1.86. The van der Waals surface area contributed by atoms with Crippen LogP contribution in [-0.2, 0) is 0 Å². The van der Waals surface area contributed by atoms with Gasteiger partial charge in [-0.3, -0.25) is 0 Å². The highest BCUT2D eigenvalue weighted by Crippen LogP contribution is 2.37. The lowest BCUT2D eigenvalue weighted by Gasteiger charge is -2.07. The van der Waals surface area contributed by atoms with Crippen molar-refractivity contribution in [2.24, 2.45) is 0 Å². The molecule has 0 atom stereocenters. The largest absolute Gasteiger partial charge is 0.0974 e. The van der Waals surface area contributed by atoms with Crippen molar-refractivity contribution in [1.82, 2.24) is 0 Å². The van der Waals surface area contributed by atoms with E-state index in [0.29, 0.717) is 0 Å². The van der Waals surface area contributed by atoms with Crippen LogP contribution in [0, 0.1) is 0 Å². The molecule has 0 aromatic heterocycles. The fraction of sp³-hybridized carbons (Fsp3) is 0. The Balaban J connectivity index is 2.33. The molecule has 1 heteroatoms. The van der Waals surface area contributed by atoms with E-state index in [-0.39, 0.29) is 0 Å². The van der Waals surface area contributed by atoms with E-state index in [1.807, 2.05) is 0 Å².